The Kier molecular flexibility index (Phi) is 9.21. The zero-order valence-electron chi connectivity index (χ0n) is 19.6. The molecule has 7 nitrogen and oxygen atoms in total. The maximum absolute atomic E-state index is 14.0. The van der Waals surface area contributed by atoms with Crippen LogP contribution in [0.2, 0.25) is 0 Å². The number of hydrogen-bond acceptors (Lipinski definition) is 6. The summed E-state index contributed by atoms with van der Waals surface area (Å²) in [4.78, 5) is 16.5. The van der Waals surface area contributed by atoms with Gasteiger partial charge in [-0.25, -0.2) is 9.37 Å². The first-order chi connectivity index (χ1) is 16.4. The third-order valence-corrected chi connectivity index (χ3v) is 6.11. The molecule has 182 valence electrons. The lowest BCUT2D eigenvalue weighted by Crippen LogP contribution is -2.30. The predicted octanol–water partition coefficient (Wildman–Crippen LogP) is 4.19. The highest BCUT2D eigenvalue weighted by Gasteiger charge is 2.17. The summed E-state index contributed by atoms with van der Waals surface area (Å²) in [7, 11) is -1.48. The van der Waals surface area contributed by atoms with Gasteiger partial charge < -0.3 is 19.2 Å². The molecule has 0 aliphatic heterocycles. The van der Waals surface area contributed by atoms with E-state index in [1.165, 1.54) is 6.07 Å². The second-order valence-electron chi connectivity index (χ2n) is 7.48. The summed E-state index contributed by atoms with van der Waals surface area (Å²) in [6.45, 7) is 6.97. The van der Waals surface area contributed by atoms with E-state index in [1.54, 1.807) is 25.1 Å². The molecule has 9 heteroatoms. The first-order valence-corrected chi connectivity index (χ1v) is 12.6. The molecule has 0 aliphatic rings. The van der Waals surface area contributed by atoms with E-state index in [2.05, 4.69) is 10.3 Å². The van der Waals surface area contributed by atoms with Gasteiger partial charge in [-0.15, -0.1) is 0 Å². The Morgan fingerprint density at radius 2 is 1.85 bits per heavy atom. The highest BCUT2D eigenvalue weighted by atomic mass is 32.2. The molecule has 34 heavy (non-hydrogen) atoms. The first-order valence-electron chi connectivity index (χ1n) is 11.1. The number of aromatic nitrogens is 1. The molecule has 1 aromatic heterocycles. The van der Waals surface area contributed by atoms with Crippen molar-refractivity contribution < 1.29 is 27.3 Å². The maximum Gasteiger partial charge on any atom is 0.232 e. The molecule has 3 aromatic rings. The molecule has 0 aliphatic carbocycles. The van der Waals surface area contributed by atoms with E-state index in [0.29, 0.717) is 49.1 Å². The number of aryl methyl sites for hydroxylation is 1. The lowest BCUT2D eigenvalue weighted by molar-refractivity contribution is -0.118. The molecule has 1 amide bonds. The van der Waals surface area contributed by atoms with Gasteiger partial charge in [-0.1, -0.05) is 18.2 Å². The van der Waals surface area contributed by atoms with Crippen LogP contribution in [0, 0.1) is 12.7 Å². The number of hydrogen-bond donors (Lipinski definition) is 1. The topological polar surface area (TPSA) is 90.7 Å². The maximum atomic E-state index is 14.0. The van der Waals surface area contributed by atoms with Gasteiger partial charge in [0.2, 0.25) is 11.8 Å². The molecule has 0 fully saturated rings. The SMILES string of the molecule is CCOc1ccc(CCNC(=O)C[S@@](=O)Cc2nc(-c3ccccc3F)oc2C)cc1OCC. The van der Waals surface area contributed by atoms with Crippen LogP contribution in [0.3, 0.4) is 0 Å². The fourth-order valence-corrected chi connectivity index (χ4v) is 4.38. The van der Waals surface area contributed by atoms with Crippen LogP contribution in [-0.2, 0) is 27.8 Å². The van der Waals surface area contributed by atoms with Crippen LogP contribution < -0.4 is 14.8 Å². The van der Waals surface area contributed by atoms with Crippen LogP contribution in [0.1, 0.15) is 30.9 Å². The lowest BCUT2D eigenvalue weighted by Gasteiger charge is -2.12. The van der Waals surface area contributed by atoms with E-state index < -0.39 is 16.6 Å². The summed E-state index contributed by atoms with van der Waals surface area (Å²) in [5.41, 5.74) is 1.68. The molecule has 0 unspecified atom stereocenters. The van der Waals surface area contributed by atoms with Crippen molar-refractivity contribution in [2.75, 3.05) is 25.5 Å². The number of halogens is 1. The normalized spacial score (nSPS) is 11.8. The van der Waals surface area contributed by atoms with Crippen LogP contribution >= 0.6 is 0 Å². The molecule has 1 N–H and O–H groups in total. The zero-order valence-corrected chi connectivity index (χ0v) is 20.4. The highest BCUT2D eigenvalue weighted by Crippen LogP contribution is 2.28. The number of carbonyl (C=O) groups excluding carboxylic acids is 1. The van der Waals surface area contributed by atoms with Gasteiger partial charge >= 0.3 is 0 Å². The minimum absolute atomic E-state index is 0.0494. The van der Waals surface area contributed by atoms with Crippen LogP contribution in [0.4, 0.5) is 4.39 Å². The lowest BCUT2D eigenvalue weighted by atomic mass is 10.1. The minimum Gasteiger partial charge on any atom is -0.490 e. The van der Waals surface area contributed by atoms with Crippen LogP contribution in [0.5, 0.6) is 11.5 Å². The third-order valence-electron chi connectivity index (χ3n) is 4.93. The van der Waals surface area contributed by atoms with Gasteiger partial charge in [-0.2, -0.15) is 0 Å². The van der Waals surface area contributed by atoms with Gasteiger partial charge in [-0.3, -0.25) is 9.00 Å². The van der Waals surface area contributed by atoms with Gasteiger partial charge in [-0.05, 0) is 57.0 Å². The van der Waals surface area contributed by atoms with Crippen molar-refractivity contribution in [3.63, 3.8) is 0 Å². The Hall–Kier alpha value is -3.20. The number of ether oxygens (including phenoxy) is 2. The Morgan fingerprint density at radius 3 is 2.59 bits per heavy atom. The van der Waals surface area contributed by atoms with Gasteiger partial charge in [0.25, 0.3) is 0 Å². The molecule has 3 rings (SSSR count). The second kappa shape index (κ2) is 12.3. The minimum atomic E-state index is -1.48. The zero-order chi connectivity index (χ0) is 24.5. The Bertz CT molecular complexity index is 1150. The fourth-order valence-electron chi connectivity index (χ4n) is 3.31. The van der Waals surface area contributed by atoms with Gasteiger partial charge in [0.05, 0.1) is 30.2 Å². The van der Waals surface area contributed by atoms with Crippen LogP contribution in [0.15, 0.2) is 46.9 Å². The van der Waals surface area contributed by atoms with Gasteiger partial charge in [0.15, 0.2) is 11.5 Å². The van der Waals surface area contributed by atoms with Crippen molar-refractivity contribution in [2.24, 2.45) is 0 Å². The number of nitrogens with zero attached hydrogens (tertiary/aromatic N) is 1. The summed E-state index contributed by atoms with van der Waals surface area (Å²) >= 11 is 0. The van der Waals surface area contributed by atoms with Crippen molar-refractivity contribution in [3.8, 4) is 23.0 Å². The van der Waals surface area contributed by atoms with E-state index in [9.17, 15) is 13.4 Å². The first kappa shape index (κ1) is 25.4. The molecule has 0 bridgehead atoms. The van der Waals surface area contributed by atoms with E-state index in [1.807, 2.05) is 32.0 Å². The van der Waals surface area contributed by atoms with Gasteiger partial charge in [0.1, 0.15) is 17.3 Å². The van der Waals surface area contributed by atoms with E-state index in [-0.39, 0.29) is 28.9 Å². The van der Waals surface area contributed by atoms with Gasteiger partial charge in [0, 0.05) is 17.3 Å². The van der Waals surface area contributed by atoms with Crippen molar-refractivity contribution in [1.82, 2.24) is 10.3 Å². The number of nitrogens with one attached hydrogen (secondary N) is 1. The molecule has 0 spiro atoms. The van der Waals surface area contributed by atoms with Crippen molar-refractivity contribution in [3.05, 3.63) is 65.3 Å². The second-order valence-corrected chi connectivity index (χ2v) is 8.93. The summed E-state index contributed by atoms with van der Waals surface area (Å²) in [6, 6.07) is 11.8. The average molecular weight is 489 g/mol. The van der Waals surface area contributed by atoms with Crippen molar-refractivity contribution in [2.45, 2.75) is 32.9 Å². The molecule has 1 atom stereocenters. The third kappa shape index (κ3) is 6.90. The highest BCUT2D eigenvalue weighted by molar-refractivity contribution is 7.84. The average Bonchev–Trinajstić information content (AvgIpc) is 3.15. The standard InChI is InChI=1S/C25H29FN2O5S/c1-4-31-22-11-10-18(14-23(22)32-5-2)12-13-27-24(29)16-34(30)15-21-17(3)33-25(28-21)19-8-6-7-9-20(19)26/h6-11,14H,4-5,12-13,15-16H2,1-3H3,(H,27,29)/t34-/m0/s1. The Labute approximate surface area is 201 Å². The fraction of sp³-hybridized carbons (Fsp3) is 0.360. The largest absolute Gasteiger partial charge is 0.490 e. The molecule has 0 saturated carbocycles. The Balaban J connectivity index is 1.50. The van der Waals surface area contributed by atoms with Crippen molar-refractivity contribution in [1.29, 1.82) is 0 Å². The molecule has 0 saturated heterocycles. The van der Waals surface area contributed by atoms with Crippen LogP contribution in [0.25, 0.3) is 11.5 Å². The van der Waals surface area contributed by atoms with E-state index in [4.69, 9.17) is 13.9 Å². The molecule has 1 heterocycles. The van der Waals surface area contributed by atoms with E-state index in [0.717, 1.165) is 5.56 Å². The molecule has 0 radical (unpaired) electrons. The molecular formula is C25H29FN2O5S. The molecule has 2 aromatic carbocycles. The van der Waals surface area contributed by atoms with Crippen molar-refractivity contribution >= 4 is 16.7 Å². The number of oxazole rings is 1. The summed E-state index contributed by atoms with van der Waals surface area (Å²) < 4.78 is 43.2. The number of rotatable bonds is 12. The quantitative estimate of drug-likeness (QED) is 0.411. The predicted molar refractivity (Wildman–Crippen MR) is 129 cm³/mol. The monoisotopic (exact) mass is 488 g/mol. The molecular weight excluding hydrogens is 459 g/mol. The summed E-state index contributed by atoms with van der Waals surface area (Å²) in [5.74, 6) is 1.08. The van der Waals surface area contributed by atoms with Crippen LogP contribution in [-0.4, -0.2) is 40.6 Å². The number of amides is 1. The van der Waals surface area contributed by atoms with E-state index >= 15 is 0 Å². The Morgan fingerprint density at radius 1 is 1.12 bits per heavy atom. The smallest absolute Gasteiger partial charge is 0.232 e. The number of carbonyl (C=O) groups is 1. The number of benzene rings is 2. The summed E-state index contributed by atoms with van der Waals surface area (Å²) in [6.07, 6.45) is 0.596. The summed E-state index contributed by atoms with van der Waals surface area (Å²) in [5, 5.41) is 2.79.